The summed E-state index contributed by atoms with van der Waals surface area (Å²) in [6, 6.07) is 9.58. The molecule has 0 atom stereocenters. The quantitative estimate of drug-likeness (QED) is 0.681. The molecule has 3 rings (SSSR count). The first-order chi connectivity index (χ1) is 9.15. The molecule has 0 radical (unpaired) electrons. The second-order valence-corrected chi connectivity index (χ2v) is 4.15. The summed E-state index contributed by atoms with van der Waals surface area (Å²) in [5, 5.41) is 0. The van der Waals surface area contributed by atoms with Crippen LogP contribution in [-0.4, -0.2) is 19.9 Å². The molecule has 0 aliphatic carbocycles. The lowest BCUT2D eigenvalue weighted by atomic mass is 10.1. The van der Waals surface area contributed by atoms with E-state index in [0.29, 0.717) is 34.3 Å². The van der Waals surface area contributed by atoms with E-state index >= 15 is 0 Å². The first-order valence-electron chi connectivity index (χ1n) is 5.78. The Bertz CT molecular complexity index is 754. The molecule has 0 aliphatic rings. The van der Waals surface area contributed by atoms with E-state index < -0.39 is 0 Å². The predicted octanol–water partition coefficient (Wildman–Crippen LogP) is 1.56. The van der Waals surface area contributed by atoms with Gasteiger partial charge in [0.1, 0.15) is 11.5 Å². The Labute approximate surface area is 109 Å². The number of nitrogen functional groups attached to an aromatic ring is 2. The molecule has 0 aliphatic heterocycles. The van der Waals surface area contributed by atoms with Crippen molar-refractivity contribution >= 4 is 22.8 Å². The van der Waals surface area contributed by atoms with E-state index in [9.17, 15) is 0 Å². The summed E-state index contributed by atoms with van der Waals surface area (Å²) < 4.78 is 0. The van der Waals surface area contributed by atoms with Gasteiger partial charge >= 0.3 is 0 Å². The van der Waals surface area contributed by atoms with Gasteiger partial charge in [-0.15, -0.1) is 0 Å². The summed E-state index contributed by atoms with van der Waals surface area (Å²) in [5.74, 6) is 1.19. The first kappa shape index (κ1) is 11.3. The zero-order valence-corrected chi connectivity index (χ0v) is 10.3. The lowest BCUT2D eigenvalue weighted by Gasteiger charge is -2.07. The molecule has 1 aromatic carbocycles. The first-order valence-corrected chi connectivity index (χ1v) is 5.78. The fourth-order valence-electron chi connectivity index (χ4n) is 1.90. The van der Waals surface area contributed by atoms with Crippen molar-refractivity contribution in [2.75, 3.05) is 11.5 Å². The van der Waals surface area contributed by atoms with Crippen LogP contribution in [0.5, 0.6) is 0 Å². The Morgan fingerprint density at radius 2 is 1.58 bits per heavy atom. The van der Waals surface area contributed by atoms with Crippen molar-refractivity contribution in [2.45, 2.75) is 6.92 Å². The van der Waals surface area contributed by atoms with Crippen molar-refractivity contribution < 1.29 is 0 Å². The van der Waals surface area contributed by atoms with Crippen LogP contribution in [0.4, 0.5) is 11.6 Å². The lowest BCUT2D eigenvalue weighted by Crippen LogP contribution is -2.04. The van der Waals surface area contributed by atoms with Gasteiger partial charge in [-0.3, -0.25) is 0 Å². The van der Waals surface area contributed by atoms with Crippen LogP contribution in [0.2, 0.25) is 0 Å². The average Bonchev–Trinajstić information content (AvgIpc) is 2.38. The highest BCUT2D eigenvalue weighted by atomic mass is 15.0. The molecule has 0 amide bonds. The van der Waals surface area contributed by atoms with E-state index in [2.05, 4.69) is 19.9 Å². The van der Waals surface area contributed by atoms with Gasteiger partial charge in [0.15, 0.2) is 22.8 Å². The zero-order valence-electron chi connectivity index (χ0n) is 10.3. The Morgan fingerprint density at radius 3 is 2.32 bits per heavy atom. The number of hydrogen-bond acceptors (Lipinski definition) is 6. The highest BCUT2D eigenvalue weighted by molar-refractivity contribution is 5.86. The molecule has 6 nitrogen and oxygen atoms in total. The topological polar surface area (TPSA) is 104 Å². The van der Waals surface area contributed by atoms with E-state index in [1.165, 1.54) is 0 Å². The molecule has 6 heteroatoms. The van der Waals surface area contributed by atoms with Gasteiger partial charge in [-0.05, 0) is 6.92 Å². The summed E-state index contributed by atoms with van der Waals surface area (Å²) >= 11 is 0. The van der Waals surface area contributed by atoms with Crippen LogP contribution in [-0.2, 0) is 0 Å². The van der Waals surface area contributed by atoms with Gasteiger partial charge in [0, 0.05) is 5.56 Å². The summed E-state index contributed by atoms with van der Waals surface area (Å²) in [6.45, 7) is 1.75. The molecule has 4 N–H and O–H groups in total. The monoisotopic (exact) mass is 252 g/mol. The molecular formula is C13H12N6. The van der Waals surface area contributed by atoms with E-state index in [0.717, 1.165) is 5.56 Å². The normalized spacial score (nSPS) is 10.8. The molecule has 0 spiro atoms. The minimum absolute atomic E-state index is 0.312. The number of aryl methyl sites for hydroxylation is 1. The van der Waals surface area contributed by atoms with Crippen LogP contribution in [0.1, 0.15) is 5.82 Å². The Morgan fingerprint density at radius 1 is 0.842 bits per heavy atom. The Balaban J connectivity index is 2.31. The second-order valence-electron chi connectivity index (χ2n) is 4.15. The van der Waals surface area contributed by atoms with Crippen LogP contribution in [0.25, 0.3) is 22.4 Å². The lowest BCUT2D eigenvalue weighted by molar-refractivity contribution is 1.07. The zero-order chi connectivity index (χ0) is 13.4. The maximum atomic E-state index is 5.94. The minimum atomic E-state index is 0.312. The van der Waals surface area contributed by atoms with E-state index in [1.807, 2.05) is 30.3 Å². The van der Waals surface area contributed by atoms with Gasteiger partial charge in [0.05, 0.1) is 0 Å². The highest BCUT2D eigenvalue weighted by Gasteiger charge is 2.12. The molecule has 0 bridgehead atoms. The van der Waals surface area contributed by atoms with Gasteiger partial charge in [-0.1, -0.05) is 30.3 Å². The van der Waals surface area contributed by atoms with Crippen molar-refractivity contribution in [3.8, 4) is 11.3 Å². The van der Waals surface area contributed by atoms with Crippen LogP contribution < -0.4 is 11.5 Å². The van der Waals surface area contributed by atoms with Crippen molar-refractivity contribution in [2.24, 2.45) is 0 Å². The molecule has 19 heavy (non-hydrogen) atoms. The highest BCUT2D eigenvalue weighted by Crippen LogP contribution is 2.25. The largest absolute Gasteiger partial charge is 0.382 e. The third-order valence-corrected chi connectivity index (χ3v) is 2.74. The van der Waals surface area contributed by atoms with Crippen molar-refractivity contribution in [1.29, 1.82) is 0 Å². The van der Waals surface area contributed by atoms with Gasteiger partial charge in [0.2, 0.25) is 0 Å². The maximum Gasteiger partial charge on any atom is 0.185 e. The number of benzene rings is 1. The number of rotatable bonds is 1. The van der Waals surface area contributed by atoms with E-state index in [-0.39, 0.29) is 0 Å². The SMILES string of the molecule is Cc1nc(N)c2nc(-c3ccccc3)c(N)nc2n1. The molecule has 0 saturated heterocycles. The Hall–Kier alpha value is -2.76. The number of anilines is 2. The fourth-order valence-corrected chi connectivity index (χ4v) is 1.90. The molecule has 0 saturated carbocycles. The van der Waals surface area contributed by atoms with E-state index in [4.69, 9.17) is 11.5 Å². The Kier molecular flexibility index (Phi) is 2.49. The summed E-state index contributed by atoms with van der Waals surface area (Å²) in [4.78, 5) is 17.0. The number of fused-ring (bicyclic) bond motifs is 1. The van der Waals surface area contributed by atoms with Crippen LogP contribution in [0.15, 0.2) is 30.3 Å². The third kappa shape index (κ3) is 1.93. The van der Waals surface area contributed by atoms with Crippen molar-refractivity contribution in [3.63, 3.8) is 0 Å². The van der Waals surface area contributed by atoms with Gasteiger partial charge < -0.3 is 11.5 Å². The summed E-state index contributed by atoms with van der Waals surface area (Å²) in [5.41, 5.74) is 14.2. The molecule has 2 aromatic heterocycles. The summed E-state index contributed by atoms with van der Waals surface area (Å²) in [7, 11) is 0. The van der Waals surface area contributed by atoms with Crippen LogP contribution >= 0.6 is 0 Å². The van der Waals surface area contributed by atoms with Crippen molar-refractivity contribution in [3.05, 3.63) is 36.2 Å². The van der Waals surface area contributed by atoms with Gasteiger partial charge in [-0.2, -0.15) is 0 Å². The molecular weight excluding hydrogens is 240 g/mol. The molecule has 3 aromatic rings. The maximum absolute atomic E-state index is 5.94. The number of aromatic nitrogens is 4. The average molecular weight is 252 g/mol. The smallest absolute Gasteiger partial charge is 0.185 e. The van der Waals surface area contributed by atoms with Gasteiger partial charge in [-0.25, -0.2) is 19.9 Å². The summed E-state index contributed by atoms with van der Waals surface area (Å²) in [6.07, 6.45) is 0. The van der Waals surface area contributed by atoms with E-state index in [1.54, 1.807) is 6.92 Å². The van der Waals surface area contributed by atoms with Gasteiger partial charge in [0.25, 0.3) is 0 Å². The molecule has 0 unspecified atom stereocenters. The fraction of sp³-hybridized carbons (Fsp3) is 0.0769. The second kappa shape index (κ2) is 4.16. The molecule has 94 valence electrons. The van der Waals surface area contributed by atoms with Crippen LogP contribution in [0, 0.1) is 6.92 Å². The third-order valence-electron chi connectivity index (χ3n) is 2.74. The van der Waals surface area contributed by atoms with Crippen LogP contribution in [0.3, 0.4) is 0 Å². The molecule has 2 heterocycles. The number of nitrogens with two attached hydrogens (primary N) is 2. The standard InChI is InChI=1S/C13H12N6/c1-7-16-12(15)10-13(17-7)19-11(14)9(18-10)8-5-3-2-4-6-8/h2-6H,1H3,(H4,14,15,16,17,19). The molecule has 0 fully saturated rings. The van der Waals surface area contributed by atoms with Crippen molar-refractivity contribution in [1.82, 2.24) is 19.9 Å². The number of nitrogens with zero attached hydrogens (tertiary/aromatic N) is 4. The minimum Gasteiger partial charge on any atom is -0.382 e. The number of hydrogen-bond donors (Lipinski definition) is 2. The predicted molar refractivity (Wildman–Crippen MR) is 74.1 cm³/mol.